The molecule has 7 heteroatoms. The number of ether oxygens (including phenoxy) is 1. The molecule has 5 nitrogen and oxygen atoms in total. The summed E-state index contributed by atoms with van der Waals surface area (Å²) in [6.45, 7) is 2.21. The number of nitrogens with zero attached hydrogens (tertiary/aromatic N) is 1. The maximum absolute atomic E-state index is 15.8. The van der Waals surface area contributed by atoms with Crippen molar-refractivity contribution in [1.29, 1.82) is 0 Å². The normalized spacial score (nSPS) is 27.6. The predicted octanol–water partition coefficient (Wildman–Crippen LogP) is 7.90. The van der Waals surface area contributed by atoms with Crippen molar-refractivity contribution in [3.63, 3.8) is 0 Å². The van der Waals surface area contributed by atoms with Crippen LogP contribution in [0.2, 0.25) is 5.02 Å². The molecule has 1 fully saturated rings. The SMILES string of the molecule is C[C@H]1CCCc2nccc(OC[C@@H](F)CC3Cc4ccccc4C34CCC(Nc3cccc(Cl)c3)(C(=O)O)CC4)c21. The first-order valence-electron chi connectivity index (χ1n) is 14.9. The number of aryl methyl sites for hydroxylation is 1. The van der Waals surface area contributed by atoms with Gasteiger partial charge >= 0.3 is 5.97 Å². The number of alkyl halides is 1. The topological polar surface area (TPSA) is 71.5 Å². The zero-order valence-corrected chi connectivity index (χ0v) is 24.3. The molecule has 3 aliphatic carbocycles. The van der Waals surface area contributed by atoms with Gasteiger partial charge in [-0.2, -0.15) is 0 Å². The number of hydrogen-bond donors (Lipinski definition) is 2. The fourth-order valence-corrected chi connectivity index (χ4v) is 8.03. The number of rotatable bonds is 8. The lowest BCUT2D eigenvalue weighted by Gasteiger charge is -2.47. The number of aromatic nitrogens is 1. The highest BCUT2D eigenvalue weighted by Gasteiger charge is 2.54. The van der Waals surface area contributed by atoms with Gasteiger partial charge < -0.3 is 15.2 Å². The molecule has 0 bridgehead atoms. The van der Waals surface area contributed by atoms with Crippen LogP contribution in [0.4, 0.5) is 10.1 Å². The molecule has 6 rings (SSSR count). The monoisotopic (exact) mass is 576 g/mol. The molecule has 1 aromatic heterocycles. The molecule has 2 N–H and O–H groups in total. The molecule has 1 unspecified atom stereocenters. The van der Waals surface area contributed by atoms with E-state index in [1.54, 1.807) is 18.3 Å². The molecule has 0 radical (unpaired) electrons. The number of carboxylic acids is 1. The molecule has 1 saturated carbocycles. The number of pyridine rings is 1. The van der Waals surface area contributed by atoms with E-state index in [0.717, 1.165) is 42.7 Å². The van der Waals surface area contributed by atoms with Crippen molar-refractivity contribution in [2.24, 2.45) is 5.92 Å². The average Bonchev–Trinajstić information content (AvgIpc) is 3.25. The van der Waals surface area contributed by atoms with Gasteiger partial charge in [-0.3, -0.25) is 4.98 Å². The van der Waals surface area contributed by atoms with Crippen LogP contribution in [0, 0.1) is 5.92 Å². The number of anilines is 1. The van der Waals surface area contributed by atoms with Crippen LogP contribution in [0.15, 0.2) is 60.8 Å². The zero-order valence-electron chi connectivity index (χ0n) is 23.5. The number of hydrogen-bond acceptors (Lipinski definition) is 4. The molecule has 3 atom stereocenters. The van der Waals surface area contributed by atoms with Gasteiger partial charge in [0.25, 0.3) is 0 Å². The highest BCUT2D eigenvalue weighted by Crippen LogP contribution is 2.56. The molecule has 2 aromatic carbocycles. The van der Waals surface area contributed by atoms with E-state index in [1.807, 2.05) is 24.3 Å². The largest absolute Gasteiger partial charge is 0.490 e. The Morgan fingerprint density at radius 1 is 1.17 bits per heavy atom. The molecular weight excluding hydrogens is 539 g/mol. The quantitative estimate of drug-likeness (QED) is 0.285. The summed E-state index contributed by atoms with van der Waals surface area (Å²) in [7, 11) is 0. The number of benzene rings is 2. The van der Waals surface area contributed by atoms with Crippen molar-refractivity contribution in [3.05, 3.63) is 88.2 Å². The van der Waals surface area contributed by atoms with Gasteiger partial charge in [-0.15, -0.1) is 0 Å². The molecule has 41 heavy (non-hydrogen) atoms. The van der Waals surface area contributed by atoms with E-state index >= 15 is 4.39 Å². The lowest BCUT2D eigenvalue weighted by Crippen LogP contribution is -2.53. The van der Waals surface area contributed by atoms with E-state index in [9.17, 15) is 9.90 Å². The molecule has 1 heterocycles. The Balaban J connectivity index is 1.19. The van der Waals surface area contributed by atoms with Crippen LogP contribution in [0.3, 0.4) is 0 Å². The van der Waals surface area contributed by atoms with Crippen molar-refractivity contribution in [2.75, 3.05) is 11.9 Å². The molecule has 216 valence electrons. The minimum absolute atomic E-state index is 0.0154. The van der Waals surface area contributed by atoms with E-state index in [2.05, 4.69) is 35.4 Å². The highest BCUT2D eigenvalue weighted by atomic mass is 35.5. The summed E-state index contributed by atoms with van der Waals surface area (Å²) in [6, 6.07) is 17.5. The van der Waals surface area contributed by atoms with Gasteiger partial charge in [0.15, 0.2) is 0 Å². The summed E-state index contributed by atoms with van der Waals surface area (Å²) in [5.74, 6) is 0.360. The minimum Gasteiger partial charge on any atom is -0.490 e. The van der Waals surface area contributed by atoms with Gasteiger partial charge in [0, 0.05) is 28.2 Å². The predicted molar refractivity (Wildman–Crippen MR) is 160 cm³/mol. The first-order chi connectivity index (χ1) is 19.8. The van der Waals surface area contributed by atoms with Crippen molar-refractivity contribution >= 4 is 23.3 Å². The van der Waals surface area contributed by atoms with Crippen LogP contribution < -0.4 is 10.1 Å². The smallest absolute Gasteiger partial charge is 0.329 e. The molecule has 0 amide bonds. The molecule has 3 aromatic rings. The van der Waals surface area contributed by atoms with Crippen LogP contribution in [-0.2, 0) is 23.1 Å². The maximum atomic E-state index is 15.8. The van der Waals surface area contributed by atoms with Crippen LogP contribution in [-0.4, -0.2) is 34.4 Å². The molecule has 0 aliphatic heterocycles. The Morgan fingerprint density at radius 2 is 1.98 bits per heavy atom. The van der Waals surface area contributed by atoms with Gasteiger partial charge in [-0.25, -0.2) is 9.18 Å². The number of fused-ring (bicyclic) bond motifs is 3. The highest BCUT2D eigenvalue weighted by molar-refractivity contribution is 6.30. The van der Waals surface area contributed by atoms with E-state index < -0.39 is 17.7 Å². The third-order valence-electron chi connectivity index (χ3n) is 9.95. The van der Waals surface area contributed by atoms with Crippen molar-refractivity contribution in [2.45, 2.75) is 87.8 Å². The van der Waals surface area contributed by atoms with Crippen molar-refractivity contribution in [1.82, 2.24) is 4.98 Å². The minimum atomic E-state index is -1.12. The van der Waals surface area contributed by atoms with Crippen molar-refractivity contribution in [3.8, 4) is 5.75 Å². The first-order valence-corrected chi connectivity index (χ1v) is 15.3. The van der Waals surface area contributed by atoms with Crippen molar-refractivity contribution < 1.29 is 19.0 Å². The lowest BCUT2D eigenvalue weighted by atomic mass is 9.60. The maximum Gasteiger partial charge on any atom is 0.329 e. The summed E-state index contributed by atoms with van der Waals surface area (Å²) >= 11 is 6.18. The molecular formula is C34H38ClFN2O3. The summed E-state index contributed by atoms with van der Waals surface area (Å²) in [4.78, 5) is 17.2. The molecule has 3 aliphatic rings. The number of nitrogens with one attached hydrogen (secondary N) is 1. The zero-order chi connectivity index (χ0) is 28.6. The second-order valence-corrected chi connectivity index (χ2v) is 12.8. The Bertz CT molecular complexity index is 1420. The molecule has 1 spiro atoms. The van der Waals surface area contributed by atoms with E-state index in [1.165, 1.54) is 11.1 Å². The molecule has 0 saturated heterocycles. The van der Waals surface area contributed by atoms with Crippen LogP contribution >= 0.6 is 11.6 Å². The number of carbonyl (C=O) groups is 1. The van der Waals surface area contributed by atoms with E-state index in [-0.39, 0.29) is 17.9 Å². The second kappa shape index (κ2) is 11.3. The number of halogens is 2. The van der Waals surface area contributed by atoms with Gasteiger partial charge in [-0.05, 0) is 110 Å². The Morgan fingerprint density at radius 3 is 2.76 bits per heavy atom. The second-order valence-electron chi connectivity index (χ2n) is 12.3. The third-order valence-corrected chi connectivity index (χ3v) is 10.2. The van der Waals surface area contributed by atoms with Crippen LogP contribution in [0.5, 0.6) is 5.75 Å². The third kappa shape index (κ3) is 5.31. The summed E-state index contributed by atoms with van der Waals surface area (Å²) in [5.41, 5.74) is 4.10. The number of carboxylic acid groups (broad SMARTS) is 1. The van der Waals surface area contributed by atoms with Gasteiger partial charge in [-0.1, -0.05) is 48.9 Å². The Kier molecular flexibility index (Phi) is 7.71. The lowest BCUT2D eigenvalue weighted by molar-refractivity contribution is -0.144. The van der Waals surface area contributed by atoms with E-state index in [4.69, 9.17) is 16.3 Å². The summed E-state index contributed by atoms with van der Waals surface area (Å²) < 4.78 is 21.9. The Hall–Kier alpha value is -3.12. The van der Waals surface area contributed by atoms with Gasteiger partial charge in [0.2, 0.25) is 0 Å². The first kappa shape index (κ1) is 28.0. The standard InChI is InChI=1S/C34H38ClFN2O3/c1-22-6-4-11-29-31(22)30(12-17-37-29)41-21-26(36)19-24-18-23-7-2-3-10-28(23)33(24)13-15-34(16-14-33,32(39)40)38-27-9-5-8-25(35)20-27/h2-3,5,7-10,12,17,20,22,24,26,38H,4,6,11,13-16,18-19,21H2,1H3,(H,39,40)/t22-,24?,26-,33?,34?/m0/s1. The summed E-state index contributed by atoms with van der Waals surface area (Å²) in [6.07, 6.45) is 7.28. The fourth-order valence-electron chi connectivity index (χ4n) is 7.83. The fraction of sp³-hybridized carbons (Fsp3) is 0.471. The Labute approximate surface area is 246 Å². The average molecular weight is 577 g/mol. The van der Waals surface area contributed by atoms with Crippen LogP contribution in [0.25, 0.3) is 0 Å². The summed E-state index contributed by atoms with van der Waals surface area (Å²) in [5, 5.41) is 14.2. The van der Waals surface area contributed by atoms with E-state index in [0.29, 0.717) is 48.7 Å². The van der Waals surface area contributed by atoms with Gasteiger partial charge in [0.05, 0.1) is 0 Å². The van der Waals surface area contributed by atoms with Gasteiger partial charge in [0.1, 0.15) is 24.1 Å². The number of aliphatic carboxylic acids is 1. The van der Waals surface area contributed by atoms with Crippen LogP contribution in [0.1, 0.15) is 80.2 Å².